The highest BCUT2D eigenvalue weighted by Crippen LogP contribution is 2.24. The van der Waals surface area contributed by atoms with Crippen LogP contribution in [0, 0.1) is 5.92 Å². The van der Waals surface area contributed by atoms with Crippen LogP contribution in [0.2, 0.25) is 0 Å². The van der Waals surface area contributed by atoms with Crippen LogP contribution in [0.1, 0.15) is 59.6 Å². The van der Waals surface area contributed by atoms with E-state index in [1.165, 1.54) is 17.8 Å². The Morgan fingerprint density at radius 2 is 1.93 bits per heavy atom. The zero-order chi connectivity index (χ0) is 20.8. The summed E-state index contributed by atoms with van der Waals surface area (Å²) in [5.74, 6) is -0.685. The van der Waals surface area contributed by atoms with Crippen molar-refractivity contribution in [2.45, 2.75) is 51.7 Å². The Hall–Kier alpha value is -2.67. The molecule has 1 aromatic carbocycles. The van der Waals surface area contributed by atoms with Crippen molar-refractivity contribution in [3.8, 4) is 0 Å². The number of nitrogens with one attached hydrogen (secondary N) is 2. The Morgan fingerprint density at radius 3 is 2.66 bits per heavy atom. The average Bonchev–Trinajstić information content (AvgIpc) is 3.25. The van der Waals surface area contributed by atoms with E-state index in [1.807, 2.05) is 5.38 Å². The molecule has 3 rings (SSSR count). The van der Waals surface area contributed by atoms with E-state index < -0.39 is 12.1 Å². The molecule has 1 heterocycles. The maximum absolute atomic E-state index is 12.5. The molecule has 0 radical (unpaired) electrons. The number of anilines is 1. The zero-order valence-electron chi connectivity index (χ0n) is 16.6. The molecule has 7 heteroatoms. The number of hydrogen-bond acceptors (Lipinski definition) is 5. The predicted molar refractivity (Wildman–Crippen MR) is 113 cm³/mol. The third-order valence-corrected chi connectivity index (χ3v) is 6.06. The molecule has 0 aliphatic heterocycles. The summed E-state index contributed by atoms with van der Waals surface area (Å²) in [6.45, 7) is 3.71. The molecular formula is C22H26N2O4S. The summed E-state index contributed by atoms with van der Waals surface area (Å²) in [7, 11) is 0. The van der Waals surface area contributed by atoms with Gasteiger partial charge in [-0.2, -0.15) is 0 Å². The fourth-order valence-corrected chi connectivity index (χ4v) is 4.06. The van der Waals surface area contributed by atoms with Gasteiger partial charge in [-0.3, -0.25) is 9.59 Å². The quantitative estimate of drug-likeness (QED) is 0.693. The minimum Gasteiger partial charge on any atom is -0.449 e. The average molecular weight is 415 g/mol. The molecule has 6 nitrogen and oxygen atoms in total. The van der Waals surface area contributed by atoms with E-state index in [9.17, 15) is 14.4 Å². The van der Waals surface area contributed by atoms with Gasteiger partial charge in [0.1, 0.15) is 0 Å². The van der Waals surface area contributed by atoms with Crippen LogP contribution in [0.15, 0.2) is 41.8 Å². The fourth-order valence-electron chi connectivity index (χ4n) is 3.44. The second-order valence-corrected chi connectivity index (χ2v) is 8.38. The van der Waals surface area contributed by atoms with Gasteiger partial charge in [-0.15, -0.1) is 11.3 Å². The fraction of sp³-hybridized carbons (Fsp3) is 0.409. The van der Waals surface area contributed by atoms with E-state index in [0.717, 1.165) is 19.3 Å². The Labute approximate surface area is 174 Å². The van der Waals surface area contributed by atoms with Crippen molar-refractivity contribution in [1.29, 1.82) is 0 Å². The SMILES string of the molecule is CC(OC(=O)c1cccc(NC(=O)c2cccs2)c1)C(=O)NC1CCCCC1C. The number of thiophene rings is 1. The molecule has 3 unspecified atom stereocenters. The van der Waals surface area contributed by atoms with Crippen LogP contribution in [-0.4, -0.2) is 29.9 Å². The molecule has 0 spiro atoms. The number of amides is 2. The minimum absolute atomic E-state index is 0.133. The van der Waals surface area contributed by atoms with Gasteiger partial charge in [0.25, 0.3) is 11.8 Å². The van der Waals surface area contributed by atoms with Gasteiger partial charge >= 0.3 is 5.97 Å². The molecule has 1 saturated carbocycles. The summed E-state index contributed by atoms with van der Waals surface area (Å²) in [6.07, 6.45) is 3.47. The molecule has 1 aromatic heterocycles. The molecule has 154 valence electrons. The number of rotatable bonds is 6. The lowest BCUT2D eigenvalue weighted by Crippen LogP contribution is -2.45. The van der Waals surface area contributed by atoms with E-state index in [4.69, 9.17) is 4.74 Å². The van der Waals surface area contributed by atoms with Crippen LogP contribution in [0.25, 0.3) is 0 Å². The third kappa shape index (κ3) is 5.67. The minimum atomic E-state index is -0.888. The van der Waals surface area contributed by atoms with E-state index in [-0.39, 0.29) is 23.4 Å². The number of carbonyl (C=O) groups is 3. The van der Waals surface area contributed by atoms with Crippen LogP contribution in [0.4, 0.5) is 5.69 Å². The first-order valence-corrected chi connectivity index (χ1v) is 10.8. The molecule has 1 fully saturated rings. The molecule has 0 bridgehead atoms. The van der Waals surface area contributed by atoms with Crippen molar-refractivity contribution < 1.29 is 19.1 Å². The van der Waals surface area contributed by atoms with Crippen molar-refractivity contribution in [1.82, 2.24) is 5.32 Å². The van der Waals surface area contributed by atoms with Crippen molar-refractivity contribution >= 4 is 34.8 Å². The maximum Gasteiger partial charge on any atom is 0.338 e. The van der Waals surface area contributed by atoms with E-state index >= 15 is 0 Å². The van der Waals surface area contributed by atoms with Gasteiger partial charge in [0, 0.05) is 11.7 Å². The summed E-state index contributed by atoms with van der Waals surface area (Å²) >= 11 is 1.34. The smallest absolute Gasteiger partial charge is 0.338 e. The highest BCUT2D eigenvalue weighted by atomic mass is 32.1. The number of esters is 1. The Balaban J connectivity index is 1.57. The number of carbonyl (C=O) groups excluding carboxylic acids is 3. The first kappa shape index (κ1) is 21.0. The molecule has 2 aromatic rings. The molecule has 3 atom stereocenters. The van der Waals surface area contributed by atoms with Crippen LogP contribution in [0.5, 0.6) is 0 Å². The van der Waals surface area contributed by atoms with Crippen molar-refractivity contribution in [3.05, 3.63) is 52.2 Å². The first-order valence-electron chi connectivity index (χ1n) is 9.90. The number of hydrogen-bond donors (Lipinski definition) is 2. The molecule has 29 heavy (non-hydrogen) atoms. The van der Waals surface area contributed by atoms with Gasteiger partial charge in [0.15, 0.2) is 6.10 Å². The summed E-state index contributed by atoms with van der Waals surface area (Å²) in [4.78, 5) is 37.6. The molecule has 1 aliphatic carbocycles. The van der Waals surface area contributed by atoms with Gasteiger partial charge in [-0.1, -0.05) is 31.9 Å². The van der Waals surface area contributed by atoms with E-state index in [1.54, 1.807) is 43.3 Å². The Kier molecular flexibility index (Phi) is 7.04. The van der Waals surface area contributed by atoms with Gasteiger partial charge in [-0.25, -0.2) is 4.79 Å². The summed E-state index contributed by atoms with van der Waals surface area (Å²) < 4.78 is 5.35. The Morgan fingerprint density at radius 1 is 1.14 bits per heavy atom. The lowest BCUT2D eigenvalue weighted by atomic mass is 9.86. The first-order chi connectivity index (χ1) is 13.9. The number of benzene rings is 1. The van der Waals surface area contributed by atoms with Gasteiger partial charge in [0.05, 0.1) is 10.4 Å². The molecule has 1 aliphatic rings. The maximum atomic E-state index is 12.5. The van der Waals surface area contributed by atoms with Gasteiger partial charge in [0.2, 0.25) is 0 Å². The summed E-state index contributed by atoms with van der Waals surface area (Å²) in [5.41, 5.74) is 0.769. The highest BCUT2D eigenvalue weighted by molar-refractivity contribution is 7.12. The highest BCUT2D eigenvalue weighted by Gasteiger charge is 2.26. The lowest BCUT2D eigenvalue weighted by Gasteiger charge is -2.30. The molecule has 2 N–H and O–H groups in total. The summed E-state index contributed by atoms with van der Waals surface area (Å²) in [6, 6.07) is 10.2. The second-order valence-electron chi connectivity index (χ2n) is 7.44. The van der Waals surface area contributed by atoms with Crippen LogP contribution >= 0.6 is 11.3 Å². The van der Waals surface area contributed by atoms with Crippen LogP contribution in [-0.2, 0) is 9.53 Å². The predicted octanol–water partition coefficient (Wildman–Crippen LogP) is 4.24. The van der Waals surface area contributed by atoms with E-state index in [0.29, 0.717) is 16.5 Å². The normalized spacial score (nSPS) is 19.8. The third-order valence-electron chi connectivity index (χ3n) is 5.19. The second kappa shape index (κ2) is 9.69. The van der Waals surface area contributed by atoms with Crippen molar-refractivity contribution in [2.24, 2.45) is 5.92 Å². The standard InChI is InChI=1S/C22H26N2O4S/c1-14-7-3-4-10-18(14)24-20(25)15(2)28-22(27)16-8-5-9-17(13-16)23-21(26)19-11-6-12-29-19/h5-6,8-9,11-15,18H,3-4,7,10H2,1-2H3,(H,23,26)(H,24,25). The van der Waals surface area contributed by atoms with Gasteiger partial charge < -0.3 is 15.4 Å². The zero-order valence-corrected chi connectivity index (χ0v) is 17.5. The van der Waals surface area contributed by atoms with E-state index in [2.05, 4.69) is 17.6 Å². The van der Waals surface area contributed by atoms with Crippen molar-refractivity contribution in [2.75, 3.05) is 5.32 Å². The van der Waals surface area contributed by atoms with Crippen molar-refractivity contribution in [3.63, 3.8) is 0 Å². The van der Waals surface area contributed by atoms with Crippen LogP contribution < -0.4 is 10.6 Å². The monoisotopic (exact) mass is 414 g/mol. The van der Waals surface area contributed by atoms with Gasteiger partial charge in [-0.05, 0) is 55.3 Å². The Bertz CT molecular complexity index is 865. The topological polar surface area (TPSA) is 84.5 Å². The largest absolute Gasteiger partial charge is 0.449 e. The molecule has 0 saturated heterocycles. The van der Waals surface area contributed by atoms with Crippen LogP contribution in [0.3, 0.4) is 0 Å². The number of ether oxygens (including phenoxy) is 1. The molecular weight excluding hydrogens is 388 g/mol. The lowest BCUT2D eigenvalue weighted by molar-refractivity contribution is -0.130. The molecule has 2 amide bonds. The summed E-state index contributed by atoms with van der Waals surface area (Å²) in [5, 5.41) is 7.59.